The summed E-state index contributed by atoms with van der Waals surface area (Å²) in [6.45, 7) is 0.991. The van der Waals surface area contributed by atoms with E-state index < -0.39 is 0 Å². The number of benzene rings is 2. The van der Waals surface area contributed by atoms with E-state index in [0.717, 1.165) is 32.9 Å². The second-order valence-electron chi connectivity index (χ2n) is 6.85. The quantitative estimate of drug-likeness (QED) is 0.453. The standard InChI is InChI=1S/C23H19N3O2/c27-23(22-8-3-13-28-22)26(14-16-4-1-6-20-18(16)9-11-24-20)15-17-5-2-7-21-19(17)10-12-25-21/h1-13,24-25H,14-15H2. The first kappa shape index (κ1) is 16.4. The minimum absolute atomic E-state index is 0.120. The highest BCUT2D eigenvalue weighted by atomic mass is 16.3. The molecule has 0 aliphatic heterocycles. The van der Waals surface area contributed by atoms with E-state index in [-0.39, 0.29) is 5.91 Å². The first-order valence-corrected chi connectivity index (χ1v) is 9.22. The molecule has 28 heavy (non-hydrogen) atoms. The normalized spacial score (nSPS) is 11.3. The Morgan fingerprint density at radius 1 is 0.786 bits per heavy atom. The van der Waals surface area contributed by atoms with Crippen LogP contribution in [0.25, 0.3) is 21.8 Å². The van der Waals surface area contributed by atoms with Crippen molar-refractivity contribution in [3.8, 4) is 0 Å². The predicted octanol–water partition coefficient (Wildman–Crippen LogP) is 5.08. The highest BCUT2D eigenvalue weighted by Crippen LogP contribution is 2.24. The Hall–Kier alpha value is -3.73. The predicted molar refractivity (Wildman–Crippen MR) is 109 cm³/mol. The molecule has 0 radical (unpaired) electrons. The van der Waals surface area contributed by atoms with Gasteiger partial charge in [-0.1, -0.05) is 24.3 Å². The fourth-order valence-electron chi connectivity index (χ4n) is 3.74. The number of carbonyl (C=O) groups excluding carboxylic acids is 1. The van der Waals surface area contributed by atoms with Crippen LogP contribution in [0.4, 0.5) is 0 Å². The van der Waals surface area contributed by atoms with Crippen molar-refractivity contribution >= 4 is 27.7 Å². The molecule has 1 amide bonds. The first-order chi connectivity index (χ1) is 13.8. The average molecular weight is 369 g/mol. The molecule has 2 aromatic carbocycles. The maximum atomic E-state index is 13.2. The van der Waals surface area contributed by atoms with Gasteiger partial charge in [0.1, 0.15) is 0 Å². The smallest absolute Gasteiger partial charge is 0.290 e. The van der Waals surface area contributed by atoms with Gasteiger partial charge in [0.05, 0.1) is 6.26 Å². The number of aromatic nitrogens is 2. The maximum absolute atomic E-state index is 13.2. The van der Waals surface area contributed by atoms with Gasteiger partial charge >= 0.3 is 0 Å². The Morgan fingerprint density at radius 2 is 1.39 bits per heavy atom. The molecule has 0 aliphatic carbocycles. The van der Waals surface area contributed by atoms with Crippen molar-refractivity contribution in [1.29, 1.82) is 0 Å². The van der Waals surface area contributed by atoms with Crippen molar-refractivity contribution in [2.24, 2.45) is 0 Å². The van der Waals surface area contributed by atoms with E-state index in [0.29, 0.717) is 18.8 Å². The third-order valence-electron chi connectivity index (χ3n) is 5.11. The average Bonchev–Trinajstić information content (AvgIpc) is 3.48. The fourth-order valence-corrected chi connectivity index (χ4v) is 3.74. The third kappa shape index (κ3) is 2.87. The van der Waals surface area contributed by atoms with Crippen LogP contribution in [0.15, 0.2) is 83.7 Å². The number of furan rings is 1. The lowest BCUT2D eigenvalue weighted by Gasteiger charge is -2.23. The zero-order chi connectivity index (χ0) is 18.9. The molecule has 0 fully saturated rings. The number of fused-ring (bicyclic) bond motifs is 2. The van der Waals surface area contributed by atoms with Gasteiger partial charge in [0, 0.05) is 47.3 Å². The van der Waals surface area contributed by atoms with E-state index in [1.165, 1.54) is 6.26 Å². The molecule has 0 spiro atoms. The van der Waals surface area contributed by atoms with E-state index in [1.807, 2.05) is 53.7 Å². The zero-order valence-electron chi connectivity index (χ0n) is 15.2. The lowest BCUT2D eigenvalue weighted by molar-refractivity contribution is 0.0699. The topological polar surface area (TPSA) is 65.0 Å². The van der Waals surface area contributed by atoms with Crippen molar-refractivity contribution < 1.29 is 9.21 Å². The Kier molecular flexibility index (Phi) is 3.98. The summed E-state index contributed by atoms with van der Waals surface area (Å²) >= 11 is 0. The molecule has 0 aliphatic rings. The van der Waals surface area contributed by atoms with Gasteiger partial charge in [-0.05, 0) is 47.5 Å². The monoisotopic (exact) mass is 369 g/mol. The van der Waals surface area contributed by atoms with Crippen LogP contribution in [0.2, 0.25) is 0 Å². The fraction of sp³-hybridized carbons (Fsp3) is 0.0870. The SMILES string of the molecule is O=C(c1ccco1)N(Cc1cccc2[nH]ccc12)Cc1cccc2[nH]ccc12. The van der Waals surface area contributed by atoms with Crippen molar-refractivity contribution in [3.63, 3.8) is 0 Å². The first-order valence-electron chi connectivity index (χ1n) is 9.22. The van der Waals surface area contributed by atoms with Gasteiger partial charge in [-0.3, -0.25) is 4.79 Å². The molecule has 5 rings (SSSR count). The van der Waals surface area contributed by atoms with Crippen molar-refractivity contribution in [2.45, 2.75) is 13.1 Å². The molecule has 5 aromatic rings. The Morgan fingerprint density at radius 3 is 1.93 bits per heavy atom. The summed E-state index contributed by atoms with van der Waals surface area (Å²) in [4.78, 5) is 21.5. The van der Waals surface area contributed by atoms with Crippen LogP contribution in [0.3, 0.4) is 0 Å². The Bertz CT molecular complexity index is 1170. The summed E-state index contributed by atoms with van der Waals surface area (Å²) in [5, 5.41) is 2.25. The van der Waals surface area contributed by atoms with E-state index in [9.17, 15) is 4.79 Å². The third-order valence-corrected chi connectivity index (χ3v) is 5.11. The van der Waals surface area contributed by atoms with E-state index in [1.54, 1.807) is 12.1 Å². The molecule has 0 unspecified atom stereocenters. The van der Waals surface area contributed by atoms with Crippen LogP contribution in [0.5, 0.6) is 0 Å². The van der Waals surface area contributed by atoms with Gasteiger partial charge in [0.15, 0.2) is 5.76 Å². The van der Waals surface area contributed by atoms with Crippen LogP contribution in [0.1, 0.15) is 21.7 Å². The molecule has 3 heterocycles. The number of nitrogens with zero attached hydrogens (tertiary/aromatic N) is 1. The largest absolute Gasteiger partial charge is 0.459 e. The number of hydrogen-bond donors (Lipinski definition) is 2. The summed E-state index contributed by atoms with van der Waals surface area (Å²) in [7, 11) is 0. The molecule has 5 heteroatoms. The molecule has 0 saturated heterocycles. The zero-order valence-corrected chi connectivity index (χ0v) is 15.2. The summed E-state index contributed by atoms with van der Waals surface area (Å²) in [6.07, 6.45) is 5.38. The summed E-state index contributed by atoms with van der Waals surface area (Å²) < 4.78 is 5.39. The van der Waals surface area contributed by atoms with E-state index in [2.05, 4.69) is 22.1 Å². The molecule has 3 aromatic heterocycles. The van der Waals surface area contributed by atoms with Gasteiger partial charge in [-0.25, -0.2) is 0 Å². The second kappa shape index (κ2) is 6.78. The molecule has 0 atom stereocenters. The van der Waals surface area contributed by atoms with Gasteiger partial charge in [0.25, 0.3) is 5.91 Å². The van der Waals surface area contributed by atoms with Gasteiger partial charge in [-0.15, -0.1) is 0 Å². The molecular weight excluding hydrogens is 350 g/mol. The minimum Gasteiger partial charge on any atom is -0.459 e. The summed E-state index contributed by atoms with van der Waals surface area (Å²) in [5.74, 6) is 0.229. The molecule has 138 valence electrons. The Labute approximate surface area is 161 Å². The summed E-state index contributed by atoms with van der Waals surface area (Å²) in [5.41, 5.74) is 4.33. The second-order valence-corrected chi connectivity index (χ2v) is 6.85. The maximum Gasteiger partial charge on any atom is 0.290 e. The minimum atomic E-state index is -0.120. The van der Waals surface area contributed by atoms with Crippen molar-refractivity contribution in [3.05, 3.63) is 96.2 Å². The van der Waals surface area contributed by atoms with Crippen LogP contribution < -0.4 is 0 Å². The number of nitrogens with one attached hydrogen (secondary N) is 2. The highest BCUT2D eigenvalue weighted by molar-refractivity contribution is 5.92. The lowest BCUT2D eigenvalue weighted by Crippen LogP contribution is -2.30. The molecule has 0 bridgehead atoms. The highest BCUT2D eigenvalue weighted by Gasteiger charge is 2.21. The number of H-pyrrole nitrogens is 2. The number of amides is 1. The molecular formula is C23H19N3O2. The van der Waals surface area contributed by atoms with E-state index in [4.69, 9.17) is 4.42 Å². The van der Waals surface area contributed by atoms with Crippen molar-refractivity contribution in [1.82, 2.24) is 14.9 Å². The summed E-state index contributed by atoms with van der Waals surface area (Å²) in [6, 6.07) is 19.8. The lowest BCUT2D eigenvalue weighted by atomic mass is 10.1. The van der Waals surface area contributed by atoms with Crippen LogP contribution in [-0.2, 0) is 13.1 Å². The van der Waals surface area contributed by atoms with Gasteiger partial charge in [-0.2, -0.15) is 0 Å². The number of aromatic amines is 2. The van der Waals surface area contributed by atoms with Crippen LogP contribution in [0, 0.1) is 0 Å². The molecule has 5 nitrogen and oxygen atoms in total. The molecule has 0 saturated carbocycles. The van der Waals surface area contributed by atoms with Crippen LogP contribution in [-0.4, -0.2) is 20.8 Å². The van der Waals surface area contributed by atoms with Crippen LogP contribution >= 0.6 is 0 Å². The molecule has 2 N–H and O–H groups in total. The van der Waals surface area contributed by atoms with E-state index >= 15 is 0 Å². The number of hydrogen-bond acceptors (Lipinski definition) is 2. The number of carbonyl (C=O) groups is 1. The number of rotatable bonds is 5. The van der Waals surface area contributed by atoms with Gasteiger partial charge in [0.2, 0.25) is 0 Å². The Balaban J connectivity index is 1.54. The van der Waals surface area contributed by atoms with Crippen molar-refractivity contribution in [2.75, 3.05) is 0 Å². The van der Waals surface area contributed by atoms with Gasteiger partial charge < -0.3 is 19.3 Å².